The molecule has 0 saturated carbocycles. The van der Waals surface area contributed by atoms with E-state index in [1.165, 1.54) is 18.2 Å². The number of nitrogens with one attached hydrogen (secondary N) is 3. The first-order valence-electron chi connectivity index (χ1n) is 12.6. The molecule has 7 aromatic rings. The summed E-state index contributed by atoms with van der Waals surface area (Å²) in [6, 6.07) is 23.0. The quantitative estimate of drug-likeness (QED) is 0.213. The van der Waals surface area contributed by atoms with Gasteiger partial charge in [0, 0.05) is 53.3 Å². The molecule has 0 atom stereocenters. The summed E-state index contributed by atoms with van der Waals surface area (Å²) in [6.45, 7) is 0.625. The van der Waals surface area contributed by atoms with Gasteiger partial charge >= 0.3 is 0 Å². The van der Waals surface area contributed by atoms with Gasteiger partial charge in [-0.3, -0.25) is 15.1 Å². The lowest BCUT2D eigenvalue weighted by Gasteiger charge is -2.09. The van der Waals surface area contributed by atoms with E-state index in [-0.39, 0.29) is 5.82 Å². The average Bonchev–Trinajstić information content (AvgIpc) is 3.60. The molecule has 0 fully saturated rings. The van der Waals surface area contributed by atoms with Crippen molar-refractivity contribution in [1.82, 2.24) is 30.1 Å². The van der Waals surface area contributed by atoms with Crippen molar-refractivity contribution in [3.8, 4) is 33.9 Å². The largest absolute Gasteiger partial charge is 0.380 e. The van der Waals surface area contributed by atoms with Gasteiger partial charge in [0.25, 0.3) is 0 Å². The Labute approximate surface area is 227 Å². The summed E-state index contributed by atoms with van der Waals surface area (Å²) in [5.74, 6) is -0.207. The molecule has 7 nitrogen and oxygen atoms in total. The topological polar surface area (TPSA) is 95.2 Å². The standard InChI is InChI=1S/C31H21F2N7/c32-21-8-6-19(7-9-21)28-30-26(10-11-35-28)37-31(38-30)29-24-13-23(25(33)14-27(24)39-40-29)20-12-22(17-34-16-20)36-15-18-4-2-1-3-5-18/h1-14,16-17,36H,15H2,(H,37,38)(H,39,40). The summed E-state index contributed by atoms with van der Waals surface area (Å²) in [7, 11) is 0. The Morgan fingerprint density at radius 3 is 2.50 bits per heavy atom. The average molecular weight is 530 g/mol. The molecule has 0 amide bonds. The smallest absolute Gasteiger partial charge is 0.159 e. The third kappa shape index (κ3) is 4.33. The molecule has 40 heavy (non-hydrogen) atoms. The van der Waals surface area contributed by atoms with Gasteiger partial charge in [-0.25, -0.2) is 13.8 Å². The molecule has 0 radical (unpaired) electrons. The summed E-state index contributed by atoms with van der Waals surface area (Å²) in [5, 5.41) is 11.4. The van der Waals surface area contributed by atoms with Crippen LogP contribution in [0.4, 0.5) is 14.5 Å². The molecule has 0 aliphatic carbocycles. The first-order valence-corrected chi connectivity index (χ1v) is 12.6. The SMILES string of the molecule is Fc1ccc(-c2nccc3[nH]c(-c4n[nH]c5cc(F)c(-c6cncc(NCc7ccccc7)c6)cc45)nc23)cc1. The number of rotatable bonds is 6. The van der Waals surface area contributed by atoms with Crippen LogP contribution in [0.15, 0.2) is 97.5 Å². The van der Waals surface area contributed by atoms with Crippen LogP contribution in [0.2, 0.25) is 0 Å². The second-order valence-electron chi connectivity index (χ2n) is 9.40. The van der Waals surface area contributed by atoms with Crippen LogP contribution in [0.5, 0.6) is 0 Å². The van der Waals surface area contributed by atoms with Crippen LogP contribution >= 0.6 is 0 Å². The lowest BCUT2D eigenvalue weighted by atomic mass is 10.0. The first kappa shape index (κ1) is 23.7. The fourth-order valence-electron chi connectivity index (χ4n) is 4.79. The van der Waals surface area contributed by atoms with E-state index in [4.69, 9.17) is 4.98 Å². The van der Waals surface area contributed by atoms with E-state index in [0.29, 0.717) is 51.3 Å². The molecule has 9 heteroatoms. The predicted octanol–water partition coefficient (Wildman–Crippen LogP) is 7.12. The highest BCUT2D eigenvalue weighted by Gasteiger charge is 2.18. The molecule has 0 aliphatic heterocycles. The number of benzene rings is 3. The van der Waals surface area contributed by atoms with Gasteiger partial charge < -0.3 is 10.3 Å². The highest BCUT2D eigenvalue weighted by Crippen LogP contribution is 2.34. The Balaban J connectivity index is 1.26. The van der Waals surface area contributed by atoms with E-state index in [1.54, 1.807) is 36.8 Å². The summed E-state index contributed by atoms with van der Waals surface area (Å²) >= 11 is 0. The van der Waals surface area contributed by atoms with Crippen molar-refractivity contribution >= 4 is 27.6 Å². The lowest BCUT2D eigenvalue weighted by molar-refractivity contribution is 0.628. The number of imidazole rings is 1. The lowest BCUT2D eigenvalue weighted by Crippen LogP contribution is -2.00. The van der Waals surface area contributed by atoms with Crippen LogP contribution in [0.25, 0.3) is 55.8 Å². The Morgan fingerprint density at radius 1 is 0.800 bits per heavy atom. The van der Waals surface area contributed by atoms with E-state index >= 15 is 4.39 Å². The summed E-state index contributed by atoms with van der Waals surface area (Å²) < 4.78 is 28.8. The third-order valence-corrected chi connectivity index (χ3v) is 6.78. The molecule has 194 valence electrons. The van der Waals surface area contributed by atoms with E-state index in [0.717, 1.165) is 22.3 Å². The minimum atomic E-state index is -0.392. The van der Waals surface area contributed by atoms with Crippen molar-refractivity contribution in [3.63, 3.8) is 0 Å². The Bertz CT molecular complexity index is 1980. The molecule has 4 aromatic heterocycles. The fourth-order valence-corrected chi connectivity index (χ4v) is 4.79. The van der Waals surface area contributed by atoms with Crippen LogP contribution in [-0.2, 0) is 6.54 Å². The molecule has 4 heterocycles. The fraction of sp³-hybridized carbons (Fsp3) is 0.0323. The first-order chi connectivity index (χ1) is 19.6. The molecule has 0 aliphatic rings. The normalized spacial score (nSPS) is 11.3. The van der Waals surface area contributed by atoms with E-state index in [2.05, 4.69) is 30.5 Å². The number of aromatic nitrogens is 6. The Morgan fingerprint density at radius 2 is 1.65 bits per heavy atom. The molecule has 0 bridgehead atoms. The molecule has 7 rings (SSSR count). The van der Waals surface area contributed by atoms with Gasteiger partial charge in [0.1, 0.15) is 22.8 Å². The highest BCUT2D eigenvalue weighted by atomic mass is 19.1. The van der Waals surface area contributed by atoms with Crippen LogP contribution in [-0.4, -0.2) is 30.1 Å². The van der Waals surface area contributed by atoms with Crippen molar-refractivity contribution in [2.75, 3.05) is 5.32 Å². The van der Waals surface area contributed by atoms with Crippen LogP contribution in [0.1, 0.15) is 5.56 Å². The van der Waals surface area contributed by atoms with E-state index < -0.39 is 5.82 Å². The van der Waals surface area contributed by atoms with Gasteiger partial charge in [-0.1, -0.05) is 30.3 Å². The number of H-pyrrole nitrogens is 2. The maximum Gasteiger partial charge on any atom is 0.159 e. The molecular formula is C31H21F2N7. The molecule has 0 saturated heterocycles. The number of aromatic amines is 2. The number of halogens is 2. The molecule has 3 N–H and O–H groups in total. The summed E-state index contributed by atoms with van der Waals surface area (Å²) in [6.07, 6.45) is 5.03. The van der Waals surface area contributed by atoms with Crippen LogP contribution < -0.4 is 5.32 Å². The number of fused-ring (bicyclic) bond motifs is 2. The van der Waals surface area contributed by atoms with Gasteiger partial charge in [0.05, 0.1) is 22.4 Å². The molecule has 3 aromatic carbocycles. The summed E-state index contributed by atoms with van der Waals surface area (Å²) in [5.41, 5.74) is 6.79. The van der Waals surface area contributed by atoms with Crippen LogP contribution in [0, 0.1) is 11.6 Å². The molecule has 0 spiro atoms. The zero-order chi connectivity index (χ0) is 27.1. The Kier molecular flexibility index (Phi) is 5.74. The Hall–Kier alpha value is -5.44. The van der Waals surface area contributed by atoms with Crippen molar-refractivity contribution in [2.24, 2.45) is 0 Å². The number of anilines is 1. The van der Waals surface area contributed by atoms with Gasteiger partial charge in [0.15, 0.2) is 5.82 Å². The number of nitrogens with zero attached hydrogens (tertiary/aromatic N) is 4. The van der Waals surface area contributed by atoms with Gasteiger partial charge in [-0.15, -0.1) is 0 Å². The minimum Gasteiger partial charge on any atom is -0.380 e. The minimum absolute atomic E-state index is 0.322. The maximum atomic E-state index is 15.3. The second kappa shape index (κ2) is 9.70. The van der Waals surface area contributed by atoms with Gasteiger partial charge in [-0.05, 0) is 48.0 Å². The summed E-state index contributed by atoms with van der Waals surface area (Å²) in [4.78, 5) is 16.9. The second-order valence-corrected chi connectivity index (χ2v) is 9.40. The van der Waals surface area contributed by atoms with Crippen molar-refractivity contribution < 1.29 is 8.78 Å². The number of hydrogen-bond acceptors (Lipinski definition) is 5. The zero-order valence-electron chi connectivity index (χ0n) is 21.0. The van der Waals surface area contributed by atoms with E-state index in [1.807, 2.05) is 42.5 Å². The monoisotopic (exact) mass is 529 g/mol. The van der Waals surface area contributed by atoms with Crippen molar-refractivity contribution in [3.05, 3.63) is 115 Å². The zero-order valence-corrected chi connectivity index (χ0v) is 21.0. The molecule has 0 unspecified atom stereocenters. The molecular weight excluding hydrogens is 508 g/mol. The maximum absolute atomic E-state index is 15.3. The number of hydrogen-bond donors (Lipinski definition) is 3. The van der Waals surface area contributed by atoms with Gasteiger partial charge in [0.2, 0.25) is 0 Å². The van der Waals surface area contributed by atoms with Crippen LogP contribution in [0.3, 0.4) is 0 Å². The number of pyridine rings is 2. The van der Waals surface area contributed by atoms with Crippen molar-refractivity contribution in [2.45, 2.75) is 6.54 Å². The van der Waals surface area contributed by atoms with Crippen molar-refractivity contribution in [1.29, 1.82) is 0 Å². The predicted molar refractivity (Wildman–Crippen MR) is 151 cm³/mol. The third-order valence-electron chi connectivity index (χ3n) is 6.78. The van der Waals surface area contributed by atoms with Gasteiger partial charge in [-0.2, -0.15) is 5.10 Å². The highest BCUT2D eigenvalue weighted by molar-refractivity contribution is 5.97. The van der Waals surface area contributed by atoms with E-state index in [9.17, 15) is 4.39 Å².